The number of hydrogen-bond acceptors (Lipinski definition) is 4. The zero-order valence-electron chi connectivity index (χ0n) is 9.80. The molecule has 1 aromatic carbocycles. The molecule has 1 aromatic heterocycles. The average molecular weight is 282 g/mol. The molecule has 1 unspecified atom stereocenters. The maximum Gasteiger partial charge on any atom is 0.178 e. The minimum Gasteiger partial charge on any atom is -0.483 e. The van der Waals surface area contributed by atoms with Gasteiger partial charge in [0.1, 0.15) is 5.75 Å². The first-order valence-electron chi connectivity index (χ1n) is 5.47. The minimum atomic E-state index is -0.495. The molecule has 0 bridgehead atoms. The number of ether oxygens (including phenoxy) is 1. The summed E-state index contributed by atoms with van der Waals surface area (Å²) in [7, 11) is 0. The first-order chi connectivity index (χ1) is 8.65. The van der Waals surface area contributed by atoms with Crippen LogP contribution in [0.4, 0.5) is 0 Å². The summed E-state index contributed by atoms with van der Waals surface area (Å²) in [5, 5.41) is 0.592. The fraction of sp³-hybridized carbons (Fsp3) is 0.231. The highest BCUT2D eigenvalue weighted by Crippen LogP contribution is 2.19. The molecule has 2 aromatic rings. The van der Waals surface area contributed by atoms with Gasteiger partial charge in [-0.25, -0.2) is 0 Å². The van der Waals surface area contributed by atoms with Gasteiger partial charge in [-0.2, -0.15) is 0 Å². The molecule has 0 radical (unpaired) electrons. The molecular formula is C13H12ClNO2S. The van der Waals surface area contributed by atoms with Crippen LogP contribution >= 0.6 is 22.9 Å². The van der Waals surface area contributed by atoms with Crippen LogP contribution < -0.4 is 4.74 Å². The summed E-state index contributed by atoms with van der Waals surface area (Å²) in [6.45, 7) is 1.74. The molecule has 0 amide bonds. The van der Waals surface area contributed by atoms with Crippen LogP contribution in [0.2, 0.25) is 5.02 Å². The van der Waals surface area contributed by atoms with E-state index in [2.05, 4.69) is 4.98 Å². The highest BCUT2D eigenvalue weighted by atomic mass is 35.5. The van der Waals surface area contributed by atoms with Gasteiger partial charge in [-0.1, -0.05) is 17.7 Å². The van der Waals surface area contributed by atoms with Crippen molar-refractivity contribution in [2.75, 3.05) is 0 Å². The maximum absolute atomic E-state index is 11.9. The van der Waals surface area contributed by atoms with Gasteiger partial charge in [-0.3, -0.25) is 9.78 Å². The van der Waals surface area contributed by atoms with E-state index in [0.29, 0.717) is 17.2 Å². The van der Waals surface area contributed by atoms with Gasteiger partial charge in [0.15, 0.2) is 11.9 Å². The van der Waals surface area contributed by atoms with Gasteiger partial charge in [0.25, 0.3) is 0 Å². The van der Waals surface area contributed by atoms with Crippen LogP contribution in [0.3, 0.4) is 0 Å². The monoisotopic (exact) mass is 281 g/mol. The third-order valence-corrected chi connectivity index (χ3v) is 3.41. The summed E-state index contributed by atoms with van der Waals surface area (Å²) in [5.74, 6) is 0.631. The molecule has 0 aliphatic carbocycles. The van der Waals surface area contributed by atoms with Crippen molar-refractivity contribution in [2.45, 2.75) is 19.4 Å². The Bertz CT molecular complexity index is 528. The van der Waals surface area contributed by atoms with Gasteiger partial charge in [0.05, 0.1) is 5.51 Å². The Kier molecular flexibility index (Phi) is 4.33. The molecule has 0 spiro atoms. The Labute approximate surface area is 114 Å². The van der Waals surface area contributed by atoms with Gasteiger partial charge in [0, 0.05) is 22.5 Å². The van der Waals surface area contributed by atoms with Crippen molar-refractivity contribution in [3.63, 3.8) is 0 Å². The maximum atomic E-state index is 11.9. The van der Waals surface area contributed by atoms with Gasteiger partial charge in [-0.15, -0.1) is 11.3 Å². The van der Waals surface area contributed by atoms with E-state index in [0.717, 1.165) is 4.88 Å². The number of aromatic nitrogens is 1. The van der Waals surface area contributed by atoms with Gasteiger partial charge < -0.3 is 4.74 Å². The second kappa shape index (κ2) is 5.98. The van der Waals surface area contributed by atoms with E-state index in [9.17, 15) is 4.79 Å². The molecule has 0 N–H and O–H groups in total. The van der Waals surface area contributed by atoms with Gasteiger partial charge in [-0.05, 0) is 25.1 Å². The highest BCUT2D eigenvalue weighted by molar-refractivity contribution is 7.09. The molecule has 0 aliphatic heterocycles. The Morgan fingerprint density at radius 2 is 2.39 bits per heavy atom. The number of rotatable bonds is 5. The standard InChI is InChI=1S/C13H12ClNO2S/c1-9(13(16)6-12-7-15-8-18-12)17-11-4-2-3-10(14)5-11/h2-5,7-9H,6H2,1H3. The van der Waals surface area contributed by atoms with Crippen LogP contribution in [-0.2, 0) is 11.2 Å². The zero-order valence-corrected chi connectivity index (χ0v) is 11.4. The van der Waals surface area contributed by atoms with Crippen molar-refractivity contribution in [3.8, 4) is 5.75 Å². The first-order valence-corrected chi connectivity index (χ1v) is 6.73. The predicted octanol–water partition coefficient (Wildman–Crippen LogP) is 3.38. The van der Waals surface area contributed by atoms with Crippen LogP contribution in [-0.4, -0.2) is 16.9 Å². The molecule has 2 rings (SSSR count). The Balaban J connectivity index is 1.95. The van der Waals surface area contributed by atoms with Crippen LogP contribution in [0, 0.1) is 0 Å². The number of nitrogens with zero attached hydrogens (tertiary/aromatic N) is 1. The van der Waals surface area contributed by atoms with Crippen LogP contribution in [0.25, 0.3) is 0 Å². The summed E-state index contributed by atoms with van der Waals surface area (Å²) in [4.78, 5) is 16.8. The van der Waals surface area contributed by atoms with Crippen molar-refractivity contribution in [3.05, 3.63) is 45.9 Å². The van der Waals surface area contributed by atoms with Crippen molar-refractivity contribution < 1.29 is 9.53 Å². The Morgan fingerprint density at radius 3 is 3.06 bits per heavy atom. The number of hydrogen-bond donors (Lipinski definition) is 0. The highest BCUT2D eigenvalue weighted by Gasteiger charge is 2.16. The van der Waals surface area contributed by atoms with Crippen molar-refractivity contribution >= 4 is 28.7 Å². The van der Waals surface area contributed by atoms with E-state index >= 15 is 0 Å². The quantitative estimate of drug-likeness (QED) is 0.843. The van der Waals surface area contributed by atoms with E-state index < -0.39 is 6.10 Å². The number of carbonyl (C=O) groups is 1. The zero-order chi connectivity index (χ0) is 13.0. The Hall–Kier alpha value is -1.39. The number of thiazole rings is 1. The normalized spacial score (nSPS) is 12.1. The van der Waals surface area contributed by atoms with E-state index in [1.165, 1.54) is 11.3 Å². The van der Waals surface area contributed by atoms with Gasteiger partial charge >= 0.3 is 0 Å². The molecule has 0 aliphatic rings. The number of Topliss-reactive ketones (excluding diaryl/α,β-unsaturated/α-hetero) is 1. The van der Waals surface area contributed by atoms with Gasteiger partial charge in [0.2, 0.25) is 0 Å². The third-order valence-electron chi connectivity index (χ3n) is 2.39. The largest absolute Gasteiger partial charge is 0.483 e. The molecule has 0 fully saturated rings. The summed E-state index contributed by atoms with van der Waals surface area (Å²) in [6.07, 6.45) is 1.56. The lowest BCUT2D eigenvalue weighted by Gasteiger charge is -2.13. The van der Waals surface area contributed by atoms with E-state index in [-0.39, 0.29) is 5.78 Å². The molecule has 0 saturated heterocycles. The number of ketones is 1. The third kappa shape index (κ3) is 3.55. The molecule has 1 heterocycles. The van der Waals surface area contributed by atoms with Crippen LogP contribution in [0.1, 0.15) is 11.8 Å². The summed E-state index contributed by atoms with van der Waals surface area (Å²) < 4.78 is 5.56. The van der Waals surface area contributed by atoms with Crippen molar-refractivity contribution in [1.29, 1.82) is 0 Å². The topological polar surface area (TPSA) is 39.2 Å². The lowest BCUT2D eigenvalue weighted by atomic mass is 10.2. The number of benzene rings is 1. The number of carbonyl (C=O) groups excluding carboxylic acids is 1. The second-order valence-corrected chi connectivity index (χ2v) is 5.24. The smallest absolute Gasteiger partial charge is 0.178 e. The summed E-state index contributed by atoms with van der Waals surface area (Å²) >= 11 is 7.32. The van der Waals surface area contributed by atoms with E-state index in [1.807, 2.05) is 0 Å². The first kappa shape index (κ1) is 13.1. The average Bonchev–Trinajstić information content (AvgIpc) is 2.81. The van der Waals surface area contributed by atoms with Crippen molar-refractivity contribution in [2.24, 2.45) is 0 Å². The van der Waals surface area contributed by atoms with Crippen molar-refractivity contribution in [1.82, 2.24) is 4.98 Å². The predicted molar refractivity (Wildman–Crippen MR) is 72.4 cm³/mol. The molecule has 18 heavy (non-hydrogen) atoms. The summed E-state index contributed by atoms with van der Waals surface area (Å²) in [6, 6.07) is 7.02. The van der Waals surface area contributed by atoms with E-state index in [4.69, 9.17) is 16.3 Å². The molecular weight excluding hydrogens is 270 g/mol. The molecule has 3 nitrogen and oxygen atoms in total. The van der Waals surface area contributed by atoms with E-state index in [1.54, 1.807) is 42.9 Å². The second-order valence-electron chi connectivity index (χ2n) is 3.83. The lowest BCUT2D eigenvalue weighted by Crippen LogP contribution is -2.25. The molecule has 94 valence electrons. The SMILES string of the molecule is CC(Oc1cccc(Cl)c1)C(=O)Cc1cncs1. The lowest BCUT2D eigenvalue weighted by molar-refractivity contribution is -0.124. The summed E-state index contributed by atoms with van der Waals surface area (Å²) in [5.41, 5.74) is 1.71. The fourth-order valence-corrected chi connectivity index (χ4v) is 2.24. The van der Waals surface area contributed by atoms with Crippen LogP contribution in [0.15, 0.2) is 36.0 Å². The molecule has 0 saturated carbocycles. The number of halogens is 1. The fourth-order valence-electron chi connectivity index (χ4n) is 1.46. The molecule has 1 atom stereocenters. The Morgan fingerprint density at radius 1 is 1.56 bits per heavy atom. The molecule has 5 heteroatoms. The van der Waals surface area contributed by atoms with Crippen LogP contribution in [0.5, 0.6) is 5.75 Å². The minimum absolute atomic E-state index is 0.0271.